The van der Waals surface area contributed by atoms with E-state index >= 15 is 0 Å². The van der Waals surface area contributed by atoms with Gasteiger partial charge in [0.2, 0.25) is 5.91 Å². The predicted octanol–water partition coefficient (Wildman–Crippen LogP) is 1.01. The molecule has 7 heteroatoms. The van der Waals surface area contributed by atoms with Crippen molar-refractivity contribution in [3.63, 3.8) is 0 Å². The Morgan fingerprint density at radius 2 is 2.05 bits per heavy atom. The maximum Gasteiger partial charge on any atom is 0.251 e. The summed E-state index contributed by atoms with van der Waals surface area (Å²) in [4.78, 5) is 22.8. The van der Waals surface area contributed by atoms with Crippen LogP contribution < -0.4 is 16.0 Å². The third-order valence-electron chi connectivity index (χ3n) is 3.15. The van der Waals surface area contributed by atoms with Gasteiger partial charge in [-0.1, -0.05) is 0 Å². The highest BCUT2D eigenvalue weighted by atomic mass is 19.1. The number of carbonyl (C=O) groups excluding carboxylic acids is 2. The summed E-state index contributed by atoms with van der Waals surface area (Å²) in [5.41, 5.74) is -0.368. The van der Waals surface area contributed by atoms with E-state index in [9.17, 15) is 18.4 Å². The average Bonchev–Trinajstić information content (AvgIpc) is 2.81. The Morgan fingerprint density at radius 3 is 2.55 bits per heavy atom. The van der Waals surface area contributed by atoms with Crippen molar-refractivity contribution in [2.24, 2.45) is 0 Å². The first-order chi connectivity index (χ1) is 9.51. The van der Waals surface area contributed by atoms with Crippen LogP contribution in [0.3, 0.4) is 0 Å². The van der Waals surface area contributed by atoms with E-state index in [1.807, 2.05) is 0 Å². The Bertz CT molecular complexity index is 525. The number of hydrogen-bond acceptors (Lipinski definition) is 3. The van der Waals surface area contributed by atoms with Crippen LogP contribution in [0.4, 0.5) is 14.5 Å². The summed E-state index contributed by atoms with van der Waals surface area (Å²) in [5, 5.41) is 7.62. The lowest BCUT2D eigenvalue weighted by atomic mass is 10.1. The van der Waals surface area contributed by atoms with Crippen molar-refractivity contribution >= 4 is 17.5 Å². The van der Waals surface area contributed by atoms with Gasteiger partial charge >= 0.3 is 0 Å². The SMILES string of the molecule is CNc1c(F)cc(C(=O)NCC2CCC(=O)N2)cc1F. The Hall–Kier alpha value is -2.18. The van der Waals surface area contributed by atoms with Gasteiger partial charge in [0.15, 0.2) is 0 Å². The van der Waals surface area contributed by atoms with E-state index in [0.717, 1.165) is 12.1 Å². The van der Waals surface area contributed by atoms with Gasteiger partial charge in [0.25, 0.3) is 5.91 Å². The van der Waals surface area contributed by atoms with Gasteiger partial charge < -0.3 is 16.0 Å². The van der Waals surface area contributed by atoms with Crippen molar-refractivity contribution in [3.8, 4) is 0 Å². The Kier molecular flexibility index (Phi) is 4.16. The predicted molar refractivity (Wildman–Crippen MR) is 69.4 cm³/mol. The number of carbonyl (C=O) groups is 2. The molecule has 0 radical (unpaired) electrons. The van der Waals surface area contributed by atoms with Crippen LogP contribution in [0, 0.1) is 11.6 Å². The monoisotopic (exact) mass is 283 g/mol. The molecule has 0 aliphatic carbocycles. The molecule has 2 amide bonds. The molecule has 0 saturated carbocycles. The molecular weight excluding hydrogens is 268 g/mol. The molecule has 1 unspecified atom stereocenters. The van der Waals surface area contributed by atoms with E-state index in [2.05, 4.69) is 16.0 Å². The summed E-state index contributed by atoms with van der Waals surface area (Å²) in [6.45, 7) is 0.238. The van der Waals surface area contributed by atoms with Crippen molar-refractivity contribution in [1.29, 1.82) is 0 Å². The zero-order valence-electron chi connectivity index (χ0n) is 10.9. The maximum atomic E-state index is 13.5. The number of hydrogen-bond donors (Lipinski definition) is 3. The lowest BCUT2D eigenvalue weighted by Gasteiger charge is -2.12. The highest BCUT2D eigenvalue weighted by Gasteiger charge is 2.21. The molecular formula is C13H15F2N3O2. The third-order valence-corrected chi connectivity index (χ3v) is 3.15. The Balaban J connectivity index is 2.00. The first-order valence-electron chi connectivity index (χ1n) is 6.25. The quantitative estimate of drug-likeness (QED) is 0.772. The minimum atomic E-state index is -0.827. The van der Waals surface area contributed by atoms with E-state index in [4.69, 9.17) is 0 Å². The summed E-state index contributed by atoms with van der Waals surface area (Å²) in [6, 6.07) is 1.81. The molecule has 1 aromatic carbocycles. The molecule has 2 rings (SSSR count). The van der Waals surface area contributed by atoms with E-state index < -0.39 is 17.5 Å². The summed E-state index contributed by atoms with van der Waals surface area (Å²) < 4.78 is 27.0. The maximum absolute atomic E-state index is 13.5. The van der Waals surface area contributed by atoms with Gasteiger partial charge in [-0.25, -0.2) is 8.78 Å². The second kappa shape index (κ2) is 5.85. The van der Waals surface area contributed by atoms with E-state index in [1.54, 1.807) is 0 Å². The standard InChI is InChI=1S/C13H15F2N3O2/c1-16-12-9(14)4-7(5-10(12)15)13(20)17-6-8-2-3-11(19)18-8/h4-5,8,16H,2-3,6H2,1H3,(H,17,20)(H,18,19). The summed E-state index contributed by atoms with van der Waals surface area (Å²) >= 11 is 0. The molecule has 5 nitrogen and oxygen atoms in total. The lowest BCUT2D eigenvalue weighted by molar-refractivity contribution is -0.119. The second-order valence-corrected chi connectivity index (χ2v) is 4.58. The first kappa shape index (κ1) is 14.2. The normalized spacial score (nSPS) is 17.8. The average molecular weight is 283 g/mol. The molecule has 3 N–H and O–H groups in total. The van der Waals surface area contributed by atoms with Gasteiger partial charge in [-0.2, -0.15) is 0 Å². The summed E-state index contributed by atoms with van der Waals surface area (Å²) in [6.07, 6.45) is 1.07. The molecule has 1 atom stereocenters. The van der Waals surface area contributed by atoms with Gasteiger partial charge in [-0.15, -0.1) is 0 Å². The zero-order chi connectivity index (χ0) is 14.7. The van der Waals surface area contributed by atoms with Crippen LogP contribution in [0.5, 0.6) is 0 Å². The fraction of sp³-hybridized carbons (Fsp3) is 0.385. The minimum Gasteiger partial charge on any atom is -0.383 e. The van der Waals surface area contributed by atoms with Gasteiger partial charge in [-0.05, 0) is 18.6 Å². The van der Waals surface area contributed by atoms with Crippen molar-refractivity contribution in [1.82, 2.24) is 10.6 Å². The van der Waals surface area contributed by atoms with Crippen LogP contribution in [0.1, 0.15) is 23.2 Å². The van der Waals surface area contributed by atoms with Gasteiger partial charge in [0, 0.05) is 31.6 Å². The first-order valence-corrected chi connectivity index (χ1v) is 6.25. The van der Waals surface area contributed by atoms with Gasteiger partial charge in [0.1, 0.15) is 17.3 Å². The minimum absolute atomic E-state index is 0.0558. The molecule has 0 aromatic heterocycles. The zero-order valence-corrected chi connectivity index (χ0v) is 10.9. The van der Waals surface area contributed by atoms with Gasteiger partial charge in [-0.3, -0.25) is 9.59 Å². The Labute approximate surface area is 114 Å². The highest BCUT2D eigenvalue weighted by Crippen LogP contribution is 2.20. The molecule has 1 fully saturated rings. The van der Waals surface area contributed by atoms with E-state index in [0.29, 0.717) is 12.8 Å². The van der Waals surface area contributed by atoms with Gasteiger partial charge in [0.05, 0.1) is 0 Å². The van der Waals surface area contributed by atoms with Crippen LogP contribution in [0.25, 0.3) is 0 Å². The molecule has 108 valence electrons. The van der Waals surface area contributed by atoms with Crippen LogP contribution in [-0.2, 0) is 4.79 Å². The molecule has 0 spiro atoms. The molecule has 1 heterocycles. The Morgan fingerprint density at radius 1 is 1.40 bits per heavy atom. The molecule has 1 aliphatic rings. The molecule has 1 aliphatic heterocycles. The van der Waals surface area contributed by atoms with Crippen LogP contribution >= 0.6 is 0 Å². The third kappa shape index (κ3) is 3.04. The molecule has 1 aromatic rings. The molecule has 0 bridgehead atoms. The number of anilines is 1. The van der Waals surface area contributed by atoms with Crippen LogP contribution in [-0.4, -0.2) is 31.4 Å². The van der Waals surface area contributed by atoms with Crippen LogP contribution in [0.2, 0.25) is 0 Å². The van der Waals surface area contributed by atoms with Crippen molar-refractivity contribution in [2.45, 2.75) is 18.9 Å². The fourth-order valence-electron chi connectivity index (χ4n) is 2.09. The highest BCUT2D eigenvalue weighted by molar-refractivity contribution is 5.94. The summed E-state index contributed by atoms with van der Waals surface area (Å²) in [7, 11) is 1.39. The largest absolute Gasteiger partial charge is 0.383 e. The topological polar surface area (TPSA) is 70.2 Å². The number of amides is 2. The fourth-order valence-corrected chi connectivity index (χ4v) is 2.09. The molecule has 1 saturated heterocycles. The second-order valence-electron chi connectivity index (χ2n) is 4.58. The van der Waals surface area contributed by atoms with E-state index in [1.165, 1.54) is 7.05 Å². The number of halogens is 2. The number of rotatable bonds is 4. The lowest BCUT2D eigenvalue weighted by Crippen LogP contribution is -2.38. The van der Waals surface area contributed by atoms with E-state index in [-0.39, 0.29) is 29.7 Å². The smallest absolute Gasteiger partial charge is 0.251 e. The number of nitrogens with one attached hydrogen (secondary N) is 3. The van der Waals surface area contributed by atoms with Crippen molar-refractivity contribution in [3.05, 3.63) is 29.3 Å². The molecule has 20 heavy (non-hydrogen) atoms. The van der Waals surface area contributed by atoms with Crippen LogP contribution in [0.15, 0.2) is 12.1 Å². The van der Waals surface area contributed by atoms with Crippen molar-refractivity contribution in [2.75, 3.05) is 18.9 Å². The van der Waals surface area contributed by atoms with Crippen molar-refractivity contribution < 1.29 is 18.4 Å². The summed E-state index contributed by atoms with van der Waals surface area (Å²) in [5.74, 6) is -2.29. The number of benzene rings is 1.